The standard InChI is InChI=1S/C14H20IN3O2.HI/c1-11-10-18(7-9-19-11)14(16)17-6-8-20-13-4-2-12(15)3-5-13;/h2-5,11H,6-10H2,1H3,(H2,16,17);1H. The molecule has 118 valence electrons. The Bertz CT molecular complexity index is 454. The molecule has 2 rings (SSSR count). The van der Waals surface area contributed by atoms with Crippen LogP contribution in [0.5, 0.6) is 5.75 Å². The summed E-state index contributed by atoms with van der Waals surface area (Å²) in [7, 11) is 0. The molecule has 1 aromatic carbocycles. The normalized spacial score (nSPS) is 19.0. The molecule has 1 unspecified atom stereocenters. The van der Waals surface area contributed by atoms with Gasteiger partial charge in [0.1, 0.15) is 12.4 Å². The Kier molecular flexibility index (Phi) is 8.64. The van der Waals surface area contributed by atoms with Crippen LogP contribution in [0.2, 0.25) is 0 Å². The predicted molar refractivity (Wildman–Crippen MR) is 104 cm³/mol. The monoisotopic (exact) mass is 517 g/mol. The highest BCUT2D eigenvalue weighted by atomic mass is 127. The van der Waals surface area contributed by atoms with Crippen LogP contribution < -0.4 is 10.5 Å². The summed E-state index contributed by atoms with van der Waals surface area (Å²) in [5, 5.41) is 0. The second-order valence-corrected chi connectivity index (χ2v) is 5.92. The SMILES string of the molecule is CC1CN(C(N)=NCCOc2ccc(I)cc2)CCO1.I. The zero-order valence-electron chi connectivity index (χ0n) is 12.0. The van der Waals surface area contributed by atoms with Gasteiger partial charge in [-0.25, -0.2) is 4.99 Å². The summed E-state index contributed by atoms with van der Waals surface area (Å²) in [6.45, 7) is 5.44. The number of nitrogens with two attached hydrogens (primary N) is 1. The number of benzene rings is 1. The van der Waals surface area contributed by atoms with Crippen LogP contribution in [0.1, 0.15) is 6.92 Å². The van der Waals surface area contributed by atoms with Gasteiger partial charge in [0.25, 0.3) is 0 Å². The lowest BCUT2D eigenvalue weighted by molar-refractivity contribution is 0.00528. The van der Waals surface area contributed by atoms with Crippen LogP contribution in [0.4, 0.5) is 0 Å². The Morgan fingerprint density at radius 1 is 1.48 bits per heavy atom. The van der Waals surface area contributed by atoms with Gasteiger partial charge < -0.3 is 20.1 Å². The maximum Gasteiger partial charge on any atom is 0.191 e. The van der Waals surface area contributed by atoms with E-state index in [1.807, 2.05) is 31.2 Å². The minimum atomic E-state index is 0. The molecule has 1 heterocycles. The predicted octanol–water partition coefficient (Wildman–Crippen LogP) is 2.32. The number of rotatable bonds is 4. The first-order valence-electron chi connectivity index (χ1n) is 6.70. The van der Waals surface area contributed by atoms with Crippen molar-refractivity contribution in [2.75, 3.05) is 32.8 Å². The molecule has 2 N–H and O–H groups in total. The average molecular weight is 517 g/mol. The molecule has 0 saturated carbocycles. The quantitative estimate of drug-likeness (QED) is 0.289. The van der Waals surface area contributed by atoms with Gasteiger partial charge in [0.15, 0.2) is 5.96 Å². The number of aliphatic imine (C=N–C) groups is 1. The first-order valence-corrected chi connectivity index (χ1v) is 7.78. The fraction of sp³-hybridized carbons (Fsp3) is 0.500. The number of guanidine groups is 1. The fourth-order valence-corrected chi connectivity index (χ4v) is 2.34. The van der Waals surface area contributed by atoms with Crippen molar-refractivity contribution < 1.29 is 9.47 Å². The smallest absolute Gasteiger partial charge is 0.191 e. The van der Waals surface area contributed by atoms with E-state index in [2.05, 4.69) is 32.5 Å². The van der Waals surface area contributed by atoms with E-state index in [1.165, 1.54) is 3.57 Å². The van der Waals surface area contributed by atoms with E-state index in [9.17, 15) is 0 Å². The van der Waals surface area contributed by atoms with Crippen LogP contribution in [0.25, 0.3) is 0 Å². The third-order valence-electron chi connectivity index (χ3n) is 3.01. The Morgan fingerprint density at radius 2 is 2.19 bits per heavy atom. The molecule has 0 radical (unpaired) electrons. The Morgan fingerprint density at radius 3 is 2.86 bits per heavy atom. The topological polar surface area (TPSA) is 60.1 Å². The highest BCUT2D eigenvalue weighted by Gasteiger charge is 2.17. The van der Waals surface area contributed by atoms with E-state index in [4.69, 9.17) is 15.2 Å². The lowest BCUT2D eigenvalue weighted by Gasteiger charge is -2.31. The molecular formula is C14H21I2N3O2. The molecule has 5 nitrogen and oxygen atoms in total. The maximum absolute atomic E-state index is 5.97. The van der Waals surface area contributed by atoms with Crippen LogP contribution in [0.15, 0.2) is 29.3 Å². The van der Waals surface area contributed by atoms with Gasteiger partial charge in [-0.1, -0.05) is 0 Å². The van der Waals surface area contributed by atoms with Crippen molar-refractivity contribution in [1.82, 2.24) is 4.90 Å². The summed E-state index contributed by atoms with van der Waals surface area (Å²) in [5.41, 5.74) is 5.97. The minimum Gasteiger partial charge on any atom is -0.492 e. The number of halogens is 2. The fourth-order valence-electron chi connectivity index (χ4n) is 1.98. The Hall–Kier alpha value is -0.290. The van der Waals surface area contributed by atoms with Crippen LogP contribution in [-0.4, -0.2) is 49.8 Å². The summed E-state index contributed by atoms with van der Waals surface area (Å²) in [6, 6.07) is 7.95. The molecule has 1 aliphatic heterocycles. The van der Waals surface area contributed by atoms with Gasteiger partial charge in [0, 0.05) is 16.7 Å². The average Bonchev–Trinajstić information content (AvgIpc) is 2.45. The summed E-state index contributed by atoms with van der Waals surface area (Å²) >= 11 is 2.27. The molecule has 0 aromatic heterocycles. The summed E-state index contributed by atoms with van der Waals surface area (Å²) in [4.78, 5) is 6.41. The second-order valence-electron chi connectivity index (χ2n) is 4.67. The number of hydrogen-bond acceptors (Lipinski definition) is 3. The third-order valence-corrected chi connectivity index (χ3v) is 3.73. The first-order chi connectivity index (χ1) is 9.65. The van der Waals surface area contributed by atoms with E-state index in [0.717, 1.165) is 18.8 Å². The molecule has 1 saturated heterocycles. The number of ether oxygens (including phenoxy) is 2. The highest BCUT2D eigenvalue weighted by molar-refractivity contribution is 14.1. The van der Waals surface area contributed by atoms with E-state index >= 15 is 0 Å². The van der Waals surface area contributed by atoms with Crippen LogP contribution in [-0.2, 0) is 4.74 Å². The molecule has 1 aliphatic rings. The highest BCUT2D eigenvalue weighted by Crippen LogP contribution is 2.13. The van der Waals surface area contributed by atoms with Gasteiger partial charge in [-0.15, -0.1) is 24.0 Å². The molecule has 21 heavy (non-hydrogen) atoms. The van der Waals surface area contributed by atoms with Crippen molar-refractivity contribution >= 4 is 52.5 Å². The molecule has 1 aromatic rings. The molecule has 1 fully saturated rings. The van der Waals surface area contributed by atoms with Crippen molar-refractivity contribution in [2.45, 2.75) is 13.0 Å². The van der Waals surface area contributed by atoms with Crippen molar-refractivity contribution in [3.05, 3.63) is 27.8 Å². The molecule has 7 heteroatoms. The largest absolute Gasteiger partial charge is 0.492 e. The van der Waals surface area contributed by atoms with Gasteiger partial charge >= 0.3 is 0 Å². The zero-order chi connectivity index (χ0) is 14.4. The van der Waals surface area contributed by atoms with Gasteiger partial charge in [0.2, 0.25) is 0 Å². The summed E-state index contributed by atoms with van der Waals surface area (Å²) < 4.78 is 12.3. The molecule has 0 spiro atoms. The second kappa shape index (κ2) is 9.67. The number of nitrogens with zero attached hydrogens (tertiary/aromatic N) is 2. The zero-order valence-corrected chi connectivity index (χ0v) is 16.5. The van der Waals surface area contributed by atoms with E-state index < -0.39 is 0 Å². The summed E-state index contributed by atoms with van der Waals surface area (Å²) in [6.07, 6.45) is 0.209. The van der Waals surface area contributed by atoms with Gasteiger partial charge in [0.05, 0.1) is 19.3 Å². The van der Waals surface area contributed by atoms with E-state index in [1.54, 1.807) is 0 Å². The molecule has 1 atom stereocenters. The lowest BCUT2D eigenvalue weighted by atomic mass is 10.3. The van der Waals surface area contributed by atoms with Crippen LogP contribution in [0, 0.1) is 3.57 Å². The Balaban J connectivity index is 0.00000220. The Labute approximate surface area is 156 Å². The van der Waals surface area contributed by atoms with Crippen LogP contribution >= 0.6 is 46.6 Å². The molecule has 0 bridgehead atoms. The molecule has 0 aliphatic carbocycles. The maximum atomic E-state index is 5.97. The van der Waals surface area contributed by atoms with Gasteiger partial charge in [-0.05, 0) is 53.8 Å². The van der Waals surface area contributed by atoms with E-state index in [-0.39, 0.29) is 30.1 Å². The molecule has 0 amide bonds. The van der Waals surface area contributed by atoms with Crippen molar-refractivity contribution in [3.63, 3.8) is 0 Å². The lowest BCUT2D eigenvalue weighted by Crippen LogP contribution is -2.48. The van der Waals surface area contributed by atoms with Gasteiger partial charge in [-0.3, -0.25) is 0 Å². The van der Waals surface area contributed by atoms with Crippen LogP contribution in [0.3, 0.4) is 0 Å². The minimum absolute atomic E-state index is 0. The van der Waals surface area contributed by atoms with Crippen molar-refractivity contribution in [2.24, 2.45) is 10.7 Å². The number of hydrogen-bond donors (Lipinski definition) is 1. The van der Waals surface area contributed by atoms with Crippen molar-refractivity contribution in [3.8, 4) is 5.75 Å². The molecular weight excluding hydrogens is 496 g/mol. The number of morpholine rings is 1. The van der Waals surface area contributed by atoms with Gasteiger partial charge in [-0.2, -0.15) is 0 Å². The summed E-state index contributed by atoms with van der Waals surface area (Å²) in [5.74, 6) is 1.44. The first kappa shape index (κ1) is 18.8. The van der Waals surface area contributed by atoms with E-state index in [0.29, 0.717) is 25.7 Å². The third kappa shape index (κ3) is 6.55. The van der Waals surface area contributed by atoms with Crippen molar-refractivity contribution in [1.29, 1.82) is 0 Å².